The van der Waals surface area contributed by atoms with Crippen molar-refractivity contribution in [3.63, 3.8) is 0 Å². The normalized spacial score (nSPS) is 29.4. The molecule has 0 unspecified atom stereocenters. The number of aliphatic hydroxyl groups is 3. The van der Waals surface area contributed by atoms with Crippen molar-refractivity contribution in [1.82, 2.24) is 0 Å². The van der Waals surface area contributed by atoms with Gasteiger partial charge in [0, 0.05) is 24.5 Å². The van der Waals surface area contributed by atoms with E-state index in [0.29, 0.717) is 5.56 Å². The maximum Gasteiger partial charge on any atom is 0.338 e. The number of aliphatic hydroxyl groups excluding tert-OH is 2. The van der Waals surface area contributed by atoms with Gasteiger partial charge in [-0.1, -0.05) is 18.2 Å². The van der Waals surface area contributed by atoms with E-state index in [4.69, 9.17) is 4.74 Å². The lowest BCUT2D eigenvalue weighted by Gasteiger charge is -2.39. The molecule has 1 aliphatic carbocycles. The molecule has 2 rings (SSSR count). The quantitative estimate of drug-likeness (QED) is 0.430. The van der Waals surface area contributed by atoms with Crippen molar-refractivity contribution >= 4 is 18.0 Å². The lowest BCUT2D eigenvalue weighted by Crippen LogP contribution is -2.57. The van der Waals surface area contributed by atoms with E-state index in [1.807, 2.05) is 0 Å². The zero-order chi connectivity index (χ0) is 18.6. The molecule has 1 aromatic rings. The number of carbonyl (C=O) groups excluding carboxylic acids is 2. The minimum absolute atomic E-state index is 0.0280. The minimum Gasteiger partial charge on any atom is -0.507 e. The van der Waals surface area contributed by atoms with Gasteiger partial charge in [0.15, 0.2) is 5.60 Å². The fourth-order valence-electron chi connectivity index (χ4n) is 2.69. The van der Waals surface area contributed by atoms with Crippen LogP contribution in [0.4, 0.5) is 0 Å². The number of aromatic hydroxyl groups is 1. The first-order valence-corrected chi connectivity index (χ1v) is 7.60. The van der Waals surface area contributed by atoms with Gasteiger partial charge in [0.25, 0.3) is 0 Å². The van der Waals surface area contributed by atoms with Crippen molar-refractivity contribution in [2.24, 2.45) is 0 Å². The van der Waals surface area contributed by atoms with E-state index in [9.17, 15) is 30.0 Å². The molecule has 136 valence electrons. The third-order valence-electron chi connectivity index (χ3n) is 4.03. The Hall–Kier alpha value is -2.42. The average molecular weight is 352 g/mol. The van der Waals surface area contributed by atoms with Crippen LogP contribution in [0, 0.1) is 0 Å². The maximum absolute atomic E-state index is 11.9. The van der Waals surface area contributed by atoms with Crippen molar-refractivity contribution < 1.29 is 39.5 Å². The maximum atomic E-state index is 11.9. The van der Waals surface area contributed by atoms with Crippen LogP contribution in [0.3, 0.4) is 0 Å². The van der Waals surface area contributed by atoms with Gasteiger partial charge in [0.05, 0.1) is 13.2 Å². The number of benzene rings is 1. The number of carbonyl (C=O) groups is 2. The summed E-state index contributed by atoms with van der Waals surface area (Å²) in [5, 5.41) is 39.7. The van der Waals surface area contributed by atoms with Crippen LogP contribution in [0.2, 0.25) is 0 Å². The number of phenols is 1. The Morgan fingerprint density at radius 1 is 1.24 bits per heavy atom. The van der Waals surface area contributed by atoms with Gasteiger partial charge in [-0.15, -0.1) is 0 Å². The highest BCUT2D eigenvalue weighted by atomic mass is 16.6. The summed E-state index contributed by atoms with van der Waals surface area (Å²) < 4.78 is 9.52. The molecule has 1 saturated carbocycles. The smallest absolute Gasteiger partial charge is 0.338 e. The van der Waals surface area contributed by atoms with E-state index in [-0.39, 0.29) is 5.75 Å². The number of rotatable bonds is 4. The molecule has 0 saturated heterocycles. The highest BCUT2D eigenvalue weighted by molar-refractivity contribution is 5.88. The molecule has 1 fully saturated rings. The number of esters is 2. The molecule has 0 spiro atoms. The predicted molar refractivity (Wildman–Crippen MR) is 85.2 cm³/mol. The van der Waals surface area contributed by atoms with Gasteiger partial charge in [0.2, 0.25) is 0 Å². The summed E-state index contributed by atoms with van der Waals surface area (Å²) in [7, 11) is 1.08. The van der Waals surface area contributed by atoms with Gasteiger partial charge in [0.1, 0.15) is 18.0 Å². The average Bonchev–Trinajstić information content (AvgIpc) is 2.57. The number of para-hydroxylation sites is 1. The molecular weight excluding hydrogens is 332 g/mol. The highest BCUT2D eigenvalue weighted by Crippen LogP contribution is 2.32. The third-order valence-corrected chi connectivity index (χ3v) is 4.03. The zero-order valence-electron chi connectivity index (χ0n) is 13.5. The molecule has 8 nitrogen and oxygen atoms in total. The molecule has 8 heteroatoms. The molecule has 0 radical (unpaired) electrons. The van der Waals surface area contributed by atoms with Gasteiger partial charge < -0.3 is 29.9 Å². The molecule has 4 N–H and O–H groups in total. The summed E-state index contributed by atoms with van der Waals surface area (Å²) in [6.45, 7) is 0. The van der Waals surface area contributed by atoms with Gasteiger partial charge in [-0.2, -0.15) is 0 Å². The fraction of sp³-hybridized carbons (Fsp3) is 0.412. The van der Waals surface area contributed by atoms with Crippen molar-refractivity contribution in [3.8, 4) is 5.75 Å². The summed E-state index contributed by atoms with van der Waals surface area (Å²) in [5.74, 6) is -1.88. The molecule has 0 heterocycles. The molecule has 1 aliphatic rings. The van der Waals surface area contributed by atoms with Crippen LogP contribution in [0.15, 0.2) is 30.3 Å². The lowest BCUT2D eigenvalue weighted by molar-refractivity contribution is -0.198. The molecular formula is C17H20O8. The first kappa shape index (κ1) is 18.9. The van der Waals surface area contributed by atoms with Gasteiger partial charge >= 0.3 is 11.9 Å². The summed E-state index contributed by atoms with van der Waals surface area (Å²) in [6.07, 6.45) is -2.70. The van der Waals surface area contributed by atoms with Crippen molar-refractivity contribution in [2.75, 3.05) is 7.11 Å². The fourth-order valence-corrected chi connectivity index (χ4v) is 2.69. The van der Waals surface area contributed by atoms with Gasteiger partial charge in [-0.3, -0.25) is 0 Å². The number of methoxy groups -OCH3 is 1. The second-order valence-corrected chi connectivity index (χ2v) is 5.86. The monoisotopic (exact) mass is 352 g/mol. The molecule has 0 amide bonds. The Kier molecular flexibility index (Phi) is 5.78. The standard InChI is InChI=1S/C17H20O8/c1-24-16(22)17(23)8-12(19)15(21)13(9-17)25-14(20)7-6-10-4-2-3-5-11(10)18/h2-7,12-13,15,18-19,21,23H,8-9H2,1H3/t12-,13-,15-,17+/m1/s1. The van der Waals surface area contributed by atoms with Crippen molar-refractivity contribution in [1.29, 1.82) is 0 Å². The van der Waals surface area contributed by atoms with Crippen molar-refractivity contribution in [2.45, 2.75) is 36.8 Å². The molecule has 0 aliphatic heterocycles. The number of phenolic OH excluding ortho intramolecular Hbond substituents is 1. The molecule has 0 bridgehead atoms. The summed E-state index contributed by atoms with van der Waals surface area (Å²) in [5.41, 5.74) is -1.67. The van der Waals surface area contributed by atoms with Crippen LogP contribution in [0.25, 0.3) is 6.08 Å². The van der Waals surface area contributed by atoms with E-state index >= 15 is 0 Å². The zero-order valence-corrected chi connectivity index (χ0v) is 13.5. The summed E-state index contributed by atoms with van der Waals surface area (Å²) in [4.78, 5) is 23.6. The lowest BCUT2D eigenvalue weighted by atomic mass is 9.79. The van der Waals surface area contributed by atoms with E-state index in [1.165, 1.54) is 12.1 Å². The van der Waals surface area contributed by atoms with Crippen LogP contribution in [0.5, 0.6) is 5.75 Å². The van der Waals surface area contributed by atoms with Crippen LogP contribution < -0.4 is 0 Å². The van der Waals surface area contributed by atoms with Crippen LogP contribution >= 0.6 is 0 Å². The molecule has 4 atom stereocenters. The van der Waals surface area contributed by atoms with E-state index < -0.39 is 48.7 Å². The second kappa shape index (κ2) is 7.64. The van der Waals surface area contributed by atoms with Crippen LogP contribution in [-0.2, 0) is 19.1 Å². The number of hydrogen-bond acceptors (Lipinski definition) is 8. The number of hydrogen-bond donors (Lipinski definition) is 4. The van der Waals surface area contributed by atoms with E-state index in [1.54, 1.807) is 18.2 Å². The Labute approximate surface area is 143 Å². The first-order valence-electron chi connectivity index (χ1n) is 7.60. The van der Waals surface area contributed by atoms with Crippen LogP contribution in [-0.4, -0.2) is 63.4 Å². The highest BCUT2D eigenvalue weighted by Gasteiger charge is 2.50. The SMILES string of the molecule is COC(=O)[C@]1(O)C[C@@H](O)[C@@H](O)[C@H](OC(=O)C=Cc2ccccc2O)C1. The second-order valence-electron chi connectivity index (χ2n) is 5.86. The van der Waals surface area contributed by atoms with E-state index in [0.717, 1.165) is 13.2 Å². The molecule has 25 heavy (non-hydrogen) atoms. The minimum atomic E-state index is -2.06. The topological polar surface area (TPSA) is 134 Å². The first-order chi connectivity index (χ1) is 11.8. The Balaban J connectivity index is 2.08. The summed E-state index contributed by atoms with van der Waals surface area (Å²) in [6, 6.07) is 6.32. The van der Waals surface area contributed by atoms with Crippen molar-refractivity contribution in [3.05, 3.63) is 35.9 Å². The third kappa shape index (κ3) is 4.36. The van der Waals surface area contributed by atoms with Gasteiger partial charge in [-0.05, 0) is 12.1 Å². The molecule has 0 aromatic heterocycles. The Morgan fingerprint density at radius 2 is 1.92 bits per heavy atom. The van der Waals surface area contributed by atoms with Gasteiger partial charge in [-0.25, -0.2) is 9.59 Å². The van der Waals surface area contributed by atoms with Crippen LogP contribution in [0.1, 0.15) is 18.4 Å². The Bertz CT molecular complexity index is 670. The summed E-state index contributed by atoms with van der Waals surface area (Å²) >= 11 is 0. The molecule has 1 aromatic carbocycles. The Morgan fingerprint density at radius 3 is 2.56 bits per heavy atom. The largest absolute Gasteiger partial charge is 0.507 e. The predicted octanol–water partition coefficient (Wildman–Crippen LogP) is -0.263. The van der Waals surface area contributed by atoms with E-state index in [2.05, 4.69) is 4.74 Å². The number of ether oxygens (including phenoxy) is 2.